The molecule has 3 aromatic heterocycles. The van der Waals surface area contributed by atoms with Gasteiger partial charge in [0.15, 0.2) is 5.84 Å². The summed E-state index contributed by atoms with van der Waals surface area (Å²) in [5.74, 6) is 0.594. The molecule has 0 bridgehead atoms. The van der Waals surface area contributed by atoms with Crippen LogP contribution in [0.15, 0.2) is 45.5 Å². The molecule has 0 amide bonds. The fourth-order valence-corrected chi connectivity index (χ4v) is 4.38. The van der Waals surface area contributed by atoms with Crippen LogP contribution in [0.1, 0.15) is 17.7 Å². The van der Waals surface area contributed by atoms with Gasteiger partial charge in [-0.1, -0.05) is 11.2 Å². The number of thioether (sulfide) groups is 1. The molecule has 3 heterocycles. The van der Waals surface area contributed by atoms with Crippen LogP contribution in [0, 0.1) is 0 Å². The van der Waals surface area contributed by atoms with Gasteiger partial charge in [0.1, 0.15) is 11.4 Å². The van der Waals surface area contributed by atoms with Gasteiger partial charge in [0.2, 0.25) is 0 Å². The van der Waals surface area contributed by atoms with Gasteiger partial charge in [-0.15, -0.1) is 34.4 Å². The van der Waals surface area contributed by atoms with Gasteiger partial charge in [0.25, 0.3) is 0 Å². The van der Waals surface area contributed by atoms with Crippen LogP contribution in [0.5, 0.6) is 0 Å². The maximum absolute atomic E-state index is 11.7. The van der Waals surface area contributed by atoms with Crippen molar-refractivity contribution in [3.05, 3.63) is 40.2 Å². The molecule has 3 aromatic rings. The first-order chi connectivity index (χ1) is 11.7. The SMILES string of the molecule is NC(=NOC(=O)CCCSc1ncnc2ccsc12)c1cccs1. The van der Waals surface area contributed by atoms with Crippen LogP contribution >= 0.6 is 34.4 Å². The van der Waals surface area contributed by atoms with E-state index in [4.69, 9.17) is 10.6 Å². The van der Waals surface area contributed by atoms with Crippen LogP contribution in [0.2, 0.25) is 0 Å². The molecule has 0 unspecified atom stereocenters. The first kappa shape index (κ1) is 16.9. The predicted octanol–water partition coefficient (Wildman–Crippen LogP) is 3.49. The second-order valence-electron chi connectivity index (χ2n) is 4.68. The average molecular weight is 379 g/mol. The van der Waals surface area contributed by atoms with E-state index >= 15 is 0 Å². The van der Waals surface area contributed by atoms with Crippen molar-refractivity contribution < 1.29 is 9.63 Å². The molecular formula is C15H14N4O2S3. The molecule has 9 heteroatoms. The molecule has 0 aromatic carbocycles. The minimum atomic E-state index is -0.390. The Kier molecular flexibility index (Phi) is 5.78. The first-order valence-electron chi connectivity index (χ1n) is 7.12. The molecule has 0 atom stereocenters. The number of hydrogen-bond acceptors (Lipinski definition) is 8. The Morgan fingerprint density at radius 2 is 2.21 bits per heavy atom. The van der Waals surface area contributed by atoms with Crippen LogP contribution in [0.3, 0.4) is 0 Å². The van der Waals surface area contributed by atoms with Gasteiger partial charge in [-0.2, -0.15) is 0 Å². The molecule has 0 saturated heterocycles. The molecule has 0 saturated carbocycles. The van der Waals surface area contributed by atoms with Gasteiger partial charge in [-0.3, -0.25) is 0 Å². The lowest BCUT2D eigenvalue weighted by molar-refractivity contribution is -0.143. The quantitative estimate of drug-likeness (QED) is 0.129. The lowest BCUT2D eigenvalue weighted by Gasteiger charge is -2.02. The molecular weight excluding hydrogens is 364 g/mol. The van der Waals surface area contributed by atoms with Gasteiger partial charge in [-0.05, 0) is 29.3 Å². The number of aromatic nitrogens is 2. The van der Waals surface area contributed by atoms with Crippen molar-refractivity contribution in [1.82, 2.24) is 9.97 Å². The molecule has 124 valence electrons. The van der Waals surface area contributed by atoms with Crippen molar-refractivity contribution in [3.63, 3.8) is 0 Å². The number of thiophene rings is 2. The molecule has 0 aliphatic rings. The molecule has 0 fully saturated rings. The third-order valence-corrected chi connectivity index (χ3v) is 6.00. The highest BCUT2D eigenvalue weighted by Crippen LogP contribution is 2.29. The summed E-state index contributed by atoms with van der Waals surface area (Å²) in [7, 11) is 0. The standard InChI is InChI=1S/C15H14N4O2S3/c16-14(11-3-1-6-22-11)19-21-12(20)4-2-7-24-15-13-10(5-8-23-13)17-9-18-15/h1,3,5-6,8-9H,2,4,7H2,(H2,16,19). The van der Waals surface area contributed by atoms with Crippen molar-refractivity contribution in [2.45, 2.75) is 17.9 Å². The van der Waals surface area contributed by atoms with Crippen molar-refractivity contribution in [3.8, 4) is 0 Å². The fraction of sp³-hybridized carbons (Fsp3) is 0.200. The van der Waals surface area contributed by atoms with Crippen LogP contribution in [-0.2, 0) is 9.63 Å². The van der Waals surface area contributed by atoms with E-state index in [9.17, 15) is 4.79 Å². The van der Waals surface area contributed by atoms with E-state index < -0.39 is 0 Å². The average Bonchev–Trinajstić information content (AvgIpc) is 3.27. The highest BCUT2D eigenvalue weighted by molar-refractivity contribution is 7.99. The minimum absolute atomic E-state index is 0.216. The molecule has 24 heavy (non-hydrogen) atoms. The summed E-state index contributed by atoms with van der Waals surface area (Å²) >= 11 is 4.67. The number of carbonyl (C=O) groups is 1. The van der Waals surface area contributed by atoms with Gasteiger partial charge in [-0.25, -0.2) is 14.8 Å². The molecule has 0 aliphatic heterocycles. The summed E-state index contributed by atoms with van der Waals surface area (Å²) in [4.78, 5) is 25.8. The monoisotopic (exact) mass is 378 g/mol. The van der Waals surface area contributed by atoms with Gasteiger partial charge < -0.3 is 10.6 Å². The Morgan fingerprint density at radius 3 is 3.04 bits per heavy atom. The smallest absolute Gasteiger partial charge is 0.335 e. The van der Waals surface area contributed by atoms with Crippen molar-refractivity contribution in [1.29, 1.82) is 0 Å². The number of carbonyl (C=O) groups excluding carboxylic acids is 1. The van der Waals surface area contributed by atoms with Crippen LogP contribution in [-0.4, -0.2) is 27.5 Å². The lowest BCUT2D eigenvalue weighted by atomic mass is 10.3. The van der Waals surface area contributed by atoms with Gasteiger partial charge >= 0.3 is 5.97 Å². The summed E-state index contributed by atoms with van der Waals surface area (Å²) in [6.07, 6.45) is 2.52. The second-order valence-corrected chi connectivity index (χ2v) is 7.63. The highest BCUT2D eigenvalue weighted by Gasteiger charge is 2.08. The minimum Gasteiger partial charge on any atom is -0.380 e. The maximum atomic E-state index is 11.7. The summed E-state index contributed by atoms with van der Waals surface area (Å²) in [5, 5.41) is 8.49. The third kappa shape index (κ3) is 4.31. The van der Waals surface area contributed by atoms with E-state index in [0.29, 0.717) is 6.42 Å². The number of rotatable bonds is 7. The van der Waals surface area contributed by atoms with Crippen LogP contribution < -0.4 is 5.73 Å². The number of fused-ring (bicyclic) bond motifs is 1. The number of hydrogen-bond donors (Lipinski definition) is 1. The van der Waals surface area contributed by atoms with Gasteiger partial charge in [0, 0.05) is 12.2 Å². The highest BCUT2D eigenvalue weighted by atomic mass is 32.2. The molecule has 6 nitrogen and oxygen atoms in total. The Balaban J connectivity index is 1.42. The predicted molar refractivity (Wildman–Crippen MR) is 98.5 cm³/mol. The summed E-state index contributed by atoms with van der Waals surface area (Å²) in [6.45, 7) is 0. The Morgan fingerprint density at radius 1 is 1.29 bits per heavy atom. The maximum Gasteiger partial charge on any atom is 0.335 e. The zero-order chi connectivity index (χ0) is 16.8. The zero-order valence-corrected chi connectivity index (χ0v) is 15.0. The van der Waals surface area contributed by atoms with E-state index in [2.05, 4.69) is 15.1 Å². The molecule has 0 spiro atoms. The first-order valence-corrected chi connectivity index (χ1v) is 9.86. The normalized spacial score (nSPS) is 11.8. The number of nitrogens with two attached hydrogens (primary N) is 1. The topological polar surface area (TPSA) is 90.5 Å². The summed E-state index contributed by atoms with van der Waals surface area (Å²) in [6, 6.07) is 5.65. The van der Waals surface area contributed by atoms with Crippen LogP contribution in [0.25, 0.3) is 10.2 Å². The van der Waals surface area contributed by atoms with Crippen molar-refractivity contribution >= 4 is 56.5 Å². The molecule has 0 aliphatic carbocycles. The van der Waals surface area contributed by atoms with E-state index in [1.165, 1.54) is 11.3 Å². The number of amidine groups is 1. The molecule has 2 N–H and O–H groups in total. The molecule has 3 rings (SSSR count). The summed E-state index contributed by atoms with van der Waals surface area (Å²) in [5.41, 5.74) is 6.68. The molecule has 0 radical (unpaired) electrons. The van der Waals surface area contributed by atoms with Crippen LogP contribution in [0.4, 0.5) is 0 Å². The van der Waals surface area contributed by atoms with E-state index in [0.717, 1.165) is 25.9 Å². The number of nitrogens with zero attached hydrogens (tertiary/aromatic N) is 3. The largest absolute Gasteiger partial charge is 0.380 e. The Bertz CT molecular complexity index is 845. The van der Waals surface area contributed by atoms with Crippen molar-refractivity contribution in [2.75, 3.05) is 5.75 Å². The summed E-state index contributed by atoms with van der Waals surface area (Å²) < 4.78 is 1.08. The zero-order valence-electron chi connectivity index (χ0n) is 12.5. The Labute approximate surface area is 150 Å². The van der Waals surface area contributed by atoms with Crippen molar-refractivity contribution in [2.24, 2.45) is 10.9 Å². The lowest BCUT2D eigenvalue weighted by Crippen LogP contribution is -2.13. The third-order valence-electron chi connectivity index (χ3n) is 2.99. The number of oxime groups is 1. The van der Waals surface area contributed by atoms with E-state index in [-0.39, 0.29) is 18.2 Å². The Hall–Kier alpha value is -1.97. The fourth-order valence-electron chi connectivity index (χ4n) is 1.87. The van der Waals surface area contributed by atoms with E-state index in [1.54, 1.807) is 29.4 Å². The van der Waals surface area contributed by atoms with E-state index in [1.807, 2.05) is 29.0 Å². The second kappa shape index (κ2) is 8.22. The van der Waals surface area contributed by atoms with Gasteiger partial charge in [0.05, 0.1) is 15.1 Å².